The Hall–Kier alpha value is -0.610. The summed E-state index contributed by atoms with van der Waals surface area (Å²) >= 11 is 0. The number of likely N-dealkylation sites (N-methyl/N-ethyl adjacent to an activating group) is 1. The molecule has 1 saturated heterocycles. The van der Waals surface area contributed by atoms with Crippen molar-refractivity contribution in [2.24, 2.45) is 0 Å². The summed E-state index contributed by atoms with van der Waals surface area (Å²) in [6.45, 7) is 5.69. The molecule has 1 aliphatic heterocycles. The van der Waals surface area contributed by atoms with Gasteiger partial charge < -0.3 is 15.1 Å². The first kappa shape index (κ1) is 11.9. The molecule has 0 aromatic heterocycles. The fourth-order valence-electron chi connectivity index (χ4n) is 2.36. The second-order valence-corrected chi connectivity index (χ2v) is 5.21. The molecule has 1 aliphatic carbocycles. The maximum absolute atomic E-state index is 12.0. The first-order valence-corrected chi connectivity index (χ1v) is 6.38. The van der Waals surface area contributed by atoms with E-state index in [4.69, 9.17) is 0 Å². The average molecular weight is 225 g/mol. The van der Waals surface area contributed by atoms with E-state index in [-0.39, 0.29) is 5.91 Å². The van der Waals surface area contributed by atoms with Gasteiger partial charge in [0.25, 0.3) is 0 Å². The predicted molar refractivity (Wildman–Crippen MR) is 64.3 cm³/mol. The minimum atomic E-state index is 0.273. The van der Waals surface area contributed by atoms with E-state index < -0.39 is 0 Å². The van der Waals surface area contributed by atoms with Gasteiger partial charge in [-0.15, -0.1) is 0 Å². The average Bonchev–Trinajstić information content (AvgIpc) is 3.03. The Morgan fingerprint density at radius 1 is 1.38 bits per heavy atom. The zero-order valence-electron chi connectivity index (χ0n) is 10.4. The van der Waals surface area contributed by atoms with Crippen LogP contribution < -0.4 is 5.32 Å². The number of amides is 1. The van der Waals surface area contributed by atoms with E-state index in [9.17, 15) is 4.79 Å². The molecule has 1 heterocycles. The molecule has 92 valence electrons. The van der Waals surface area contributed by atoms with Gasteiger partial charge >= 0.3 is 0 Å². The van der Waals surface area contributed by atoms with Crippen molar-refractivity contribution in [2.45, 2.75) is 38.3 Å². The molecule has 4 nitrogen and oxygen atoms in total. The van der Waals surface area contributed by atoms with Gasteiger partial charge in [0.15, 0.2) is 0 Å². The smallest absolute Gasteiger partial charge is 0.236 e. The molecule has 2 rings (SSSR count). The molecule has 0 aromatic rings. The third-order valence-electron chi connectivity index (χ3n) is 3.49. The summed E-state index contributed by atoms with van der Waals surface area (Å²) in [4.78, 5) is 16.4. The van der Waals surface area contributed by atoms with Gasteiger partial charge in [-0.05, 0) is 39.8 Å². The van der Waals surface area contributed by atoms with Crippen LogP contribution in [0, 0.1) is 0 Å². The highest BCUT2D eigenvalue weighted by atomic mass is 16.2. The predicted octanol–water partition coefficient (Wildman–Crippen LogP) is 0.291. The van der Waals surface area contributed by atoms with Crippen molar-refractivity contribution in [1.29, 1.82) is 0 Å². The van der Waals surface area contributed by atoms with Crippen LogP contribution in [0.5, 0.6) is 0 Å². The SMILES string of the molecule is CC1CN(C)CCCN1C(=O)CNC1CC1. The third-order valence-corrected chi connectivity index (χ3v) is 3.49. The van der Waals surface area contributed by atoms with Crippen LogP contribution in [0.25, 0.3) is 0 Å². The van der Waals surface area contributed by atoms with Crippen LogP contribution in [-0.2, 0) is 4.79 Å². The standard InChI is InChI=1S/C12H23N3O/c1-10-9-14(2)6-3-7-15(10)12(16)8-13-11-4-5-11/h10-11,13H,3-9H2,1-2H3. The van der Waals surface area contributed by atoms with Gasteiger partial charge in [-0.1, -0.05) is 0 Å². The van der Waals surface area contributed by atoms with Crippen LogP contribution in [-0.4, -0.2) is 61.0 Å². The largest absolute Gasteiger partial charge is 0.338 e. The lowest BCUT2D eigenvalue weighted by atomic mass is 10.2. The van der Waals surface area contributed by atoms with E-state index in [0.717, 1.165) is 26.1 Å². The Morgan fingerprint density at radius 3 is 2.81 bits per heavy atom. The van der Waals surface area contributed by atoms with Gasteiger partial charge in [0.05, 0.1) is 6.54 Å². The molecule has 1 atom stereocenters. The monoisotopic (exact) mass is 225 g/mol. The summed E-state index contributed by atoms with van der Waals surface area (Å²) in [7, 11) is 2.13. The Bertz CT molecular complexity index is 253. The van der Waals surface area contributed by atoms with Crippen LogP contribution in [0.3, 0.4) is 0 Å². The first-order valence-electron chi connectivity index (χ1n) is 6.38. The van der Waals surface area contributed by atoms with Crippen LogP contribution >= 0.6 is 0 Å². The highest BCUT2D eigenvalue weighted by molar-refractivity contribution is 5.78. The highest BCUT2D eigenvalue weighted by Crippen LogP contribution is 2.18. The van der Waals surface area contributed by atoms with E-state index in [2.05, 4.69) is 24.2 Å². The summed E-state index contributed by atoms with van der Waals surface area (Å²) in [5, 5.41) is 3.30. The molecule has 0 aromatic carbocycles. The Kier molecular flexibility index (Phi) is 3.82. The first-order chi connectivity index (χ1) is 7.66. The zero-order chi connectivity index (χ0) is 11.5. The van der Waals surface area contributed by atoms with Crippen molar-refractivity contribution >= 4 is 5.91 Å². The van der Waals surface area contributed by atoms with Crippen LogP contribution in [0.15, 0.2) is 0 Å². The van der Waals surface area contributed by atoms with Crippen LogP contribution in [0.2, 0.25) is 0 Å². The van der Waals surface area contributed by atoms with Gasteiger partial charge in [-0.3, -0.25) is 4.79 Å². The van der Waals surface area contributed by atoms with E-state index in [1.807, 2.05) is 4.90 Å². The van der Waals surface area contributed by atoms with Crippen molar-refractivity contribution in [2.75, 3.05) is 33.2 Å². The maximum Gasteiger partial charge on any atom is 0.236 e. The molecule has 2 fully saturated rings. The molecule has 1 saturated carbocycles. The summed E-state index contributed by atoms with van der Waals surface area (Å²) in [5.41, 5.74) is 0. The van der Waals surface area contributed by atoms with Crippen molar-refractivity contribution < 1.29 is 4.79 Å². The summed E-state index contributed by atoms with van der Waals surface area (Å²) < 4.78 is 0. The summed E-state index contributed by atoms with van der Waals surface area (Å²) in [5.74, 6) is 0.273. The van der Waals surface area contributed by atoms with Crippen LogP contribution in [0.1, 0.15) is 26.2 Å². The third kappa shape index (κ3) is 3.19. The van der Waals surface area contributed by atoms with Crippen molar-refractivity contribution in [3.05, 3.63) is 0 Å². The summed E-state index contributed by atoms with van der Waals surface area (Å²) in [6, 6.07) is 0.968. The molecule has 1 amide bonds. The van der Waals surface area contributed by atoms with E-state index >= 15 is 0 Å². The van der Waals surface area contributed by atoms with Gasteiger partial charge in [-0.2, -0.15) is 0 Å². The number of hydrogen-bond donors (Lipinski definition) is 1. The molecule has 1 N–H and O–H groups in total. The quantitative estimate of drug-likeness (QED) is 0.750. The number of rotatable bonds is 3. The van der Waals surface area contributed by atoms with E-state index in [1.165, 1.54) is 12.8 Å². The van der Waals surface area contributed by atoms with Gasteiger partial charge in [0.2, 0.25) is 5.91 Å². The highest BCUT2D eigenvalue weighted by Gasteiger charge is 2.26. The van der Waals surface area contributed by atoms with Gasteiger partial charge in [-0.25, -0.2) is 0 Å². The molecule has 2 aliphatic rings. The van der Waals surface area contributed by atoms with E-state index in [1.54, 1.807) is 0 Å². The number of nitrogens with zero attached hydrogens (tertiary/aromatic N) is 2. The molecule has 4 heteroatoms. The lowest BCUT2D eigenvalue weighted by molar-refractivity contribution is -0.132. The fourth-order valence-corrected chi connectivity index (χ4v) is 2.36. The lowest BCUT2D eigenvalue weighted by Crippen LogP contribution is -2.46. The lowest BCUT2D eigenvalue weighted by Gasteiger charge is -2.28. The Morgan fingerprint density at radius 2 is 2.12 bits per heavy atom. The fraction of sp³-hybridized carbons (Fsp3) is 0.917. The van der Waals surface area contributed by atoms with Crippen molar-refractivity contribution in [3.63, 3.8) is 0 Å². The van der Waals surface area contributed by atoms with Gasteiger partial charge in [0, 0.05) is 25.2 Å². The summed E-state index contributed by atoms with van der Waals surface area (Å²) in [6.07, 6.45) is 3.58. The number of carbonyl (C=O) groups is 1. The molecule has 0 bridgehead atoms. The number of nitrogens with one attached hydrogen (secondary N) is 1. The van der Waals surface area contributed by atoms with Crippen molar-refractivity contribution in [1.82, 2.24) is 15.1 Å². The van der Waals surface area contributed by atoms with Crippen molar-refractivity contribution in [3.8, 4) is 0 Å². The number of hydrogen-bond acceptors (Lipinski definition) is 3. The van der Waals surface area contributed by atoms with Gasteiger partial charge in [0.1, 0.15) is 0 Å². The molecule has 0 radical (unpaired) electrons. The second-order valence-electron chi connectivity index (χ2n) is 5.21. The topological polar surface area (TPSA) is 35.6 Å². The minimum absolute atomic E-state index is 0.273. The normalized spacial score (nSPS) is 27.9. The second kappa shape index (κ2) is 5.15. The Labute approximate surface area is 98.0 Å². The molecule has 16 heavy (non-hydrogen) atoms. The Balaban J connectivity index is 1.82. The molecule has 0 spiro atoms. The zero-order valence-corrected chi connectivity index (χ0v) is 10.4. The van der Waals surface area contributed by atoms with E-state index in [0.29, 0.717) is 18.6 Å². The minimum Gasteiger partial charge on any atom is -0.338 e. The molecule has 1 unspecified atom stereocenters. The maximum atomic E-state index is 12.0. The number of carbonyl (C=O) groups excluding carboxylic acids is 1. The molecular weight excluding hydrogens is 202 g/mol. The molecular formula is C12H23N3O. The van der Waals surface area contributed by atoms with Crippen LogP contribution in [0.4, 0.5) is 0 Å².